The summed E-state index contributed by atoms with van der Waals surface area (Å²) in [6, 6.07) is 0. The monoisotopic (exact) mass is 452 g/mol. The third-order valence-electron chi connectivity index (χ3n) is 6.95. The fourth-order valence-corrected chi connectivity index (χ4v) is 4.45. The van der Waals surface area contributed by atoms with Crippen molar-refractivity contribution in [2.24, 2.45) is 5.41 Å². The quantitative estimate of drug-likeness (QED) is 0.0941. The summed E-state index contributed by atoms with van der Waals surface area (Å²) in [7, 11) is 0. The van der Waals surface area contributed by atoms with Crippen molar-refractivity contribution < 1.29 is 19.1 Å². The minimum Gasteiger partial charge on any atom is -0.465 e. The Morgan fingerprint density at radius 1 is 0.531 bits per heavy atom. The van der Waals surface area contributed by atoms with Gasteiger partial charge in [0.2, 0.25) is 0 Å². The SMILES string of the molecule is CCCCCCCCCCCOC(=O)C1(C(=O)OCCCCCCCCCCC)CCC1. The summed E-state index contributed by atoms with van der Waals surface area (Å²) in [5.41, 5.74) is -1.00. The number of esters is 2. The van der Waals surface area contributed by atoms with Crippen LogP contribution in [0.2, 0.25) is 0 Å². The average molecular weight is 453 g/mol. The van der Waals surface area contributed by atoms with E-state index in [-0.39, 0.29) is 11.9 Å². The number of unbranched alkanes of at least 4 members (excludes halogenated alkanes) is 16. The van der Waals surface area contributed by atoms with Crippen molar-refractivity contribution in [1.82, 2.24) is 0 Å². The summed E-state index contributed by atoms with van der Waals surface area (Å²) in [5.74, 6) is -0.694. The first-order valence-electron chi connectivity index (χ1n) is 14.0. The van der Waals surface area contributed by atoms with Gasteiger partial charge in [-0.3, -0.25) is 9.59 Å². The van der Waals surface area contributed by atoms with Gasteiger partial charge in [-0.1, -0.05) is 117 Å². The standard InChI is InChI=1S/C28H52O4/c1-3-5-7-9-11-13-15-17-19-24-31-26(29)28(22-21-23-28)27(30)32-25-20-18-16-14-12-10-8-6-4-2/h3-25H2,1-2H3. The van der Waals surface area contributed by atoms with E-state index in [9.17, 15) is 9.59 Å². The molecule has 0 heterocycles. The van der Waals surface area contributed by atoms with E-state index >= 15 is 0 Å². The number of hydrogen-bond acceptors (Lipinski definition) is 4. The van der Waals surface area contributed by atoms with Crippen molar-refractivity contribution in [2.45, 2.75) is 149 Å². The van der Waals surface area contributed by atoms with E-state index in [0.717, 1.165) is 32.1 Å². The van der Waals surface area contributed by atoms with E-state index in [2.05, 4.69) is 13.8 Å². The number of ether oxygens (including phenoxy) is 2. The molecular formula is C28H52O4. The van der Waals surface area contributed by atoms with Gasteiger partial charge in [-0.15, -0.1) is 0 Å². The summed E-state index contributed by atoms with van der Waals surface area (Å²) in [6.45, 7) is 5.35. The Morgan fingerprint density at radius 2 is 0.844 bits per heavy atom. The minimum atomic E-state index is -1.00. The molecular weight excluding hydrogens is 400 g/mol. The van der Waals surface area contributed by atoms with Crippen molar-refractivity contribution in [3.63, 3.8) is 0 Å². The Bertz CT molecular complexity index is 432. The van der Waals surface area contributed by atoms with Gasteiger partial charge in [0.25, 0.3) is 0 Å². The van der Waals surface area contributed by atoms with E-state index in [1.165, 1.54) is 89.9 Å². The molecule has 0 amide bonds. The molecule has 0 aromatic heterocycles. The smallest absolute Gasteiger partial charge is 0.323 e. The van der Waals surface area contributed by atoms with Gasteiger partial charge in [-0.2, -0.15) is 0 Å². The van der Waals surface area contributed by atoms with Gasteiger partial charge in [0.15, 0.2) is 5.41 Å². The maximum absolute atomic E-state index is 12.6. The Morgan fingerprint density at radius 3 is 1.12 bits per heavy atom. The molecule has 0 spiro atoms. The van der Waals surface area contributed by atoms with Crippen LogP contribution in [0.15, 0.2) is 0 Å². The summed E-state index contributed by atoms with van der Waals surface area (Å²) in [4.78, 5) is 25.2. The van der Waals surface area contributed by atoms with Gasteiger partial charge in [-0.25, -0.2) is 0 Å². The normalized spacial score (nSPS) is 14.7. The van der Waals surface area contributed by atoms with Crippen LogP contribution in [0.1, 0.15) is 149 Å². The Labute approximate surface area is 198 Å². The number of carbonyl (C=O) groups is 2. The lowest BCUT2D eigenvalue weighted by Crippen LogP contribution is -2.47. The van der Waals surface area contributed by atoms with E-state index in [1.54, 1.807) is 0 Å². The number of rotatable bonds is 22. The van der Waals surface area contributed by atoms with Crippen molar-refractivity contribution in [3.8, 4) is 0 Å². The predicted molar refractivity (Wildman–Crippen MR) is 133 cm³/mol. The first-order chi connectivity index (χ1) is 15.7. The molecule has 1 fully saturated rings. The Balaban J connectivity index is 2.06. The first-order valence-corrected chi connectivity index (χ1v) is 14.0. The molecule has 0 bridgehead atoms. The molecule has 4 nitrogen and oxygen atoms in total. The molecule has 0 unspecified atom stereocenters. The van der Waals surface area contributed by atoms with Crippen LogP contribution in [0, 0.1) is 5.41 Å². The van der Waals surface area contributed by atoms with E-state index in [4.69, 9.17) is 9.47 Å². The van der Waals surface area contributed by atoms with Crippen LogP contribution in [-0.4, -0.2) is 25.2 Å². The van der Waals surface area contributed by atoms with Crippen LogP contribution in [0.25, 0.3) is 0 Å². The zero-order chi connectivity index (χ0) is 23.3. The lowest BCUT2D eigenvalue weighted by Gasteiger charge is -2.36. The molecule has 0 saturated heterocycles. The van der Waals surface area contributed by atoms with Crippen LogP contribution < -0.4 is 0 Å². The molecule has 32 heavy (non-hydrogen) atoms. The second-order valence-electron chi connectivity index (χ2n) is 9.86. The second-order valence-corrected chi connectivity index (χ2v) is 9.86. The predicted octanol–water partition coefficient (Wildman–Crippen LogP) is 8.30. The average Bonchev–Trinajstić information content (AvgIpc) is 2.75. The van der Waals surface area contributed by atoms with Crippen LogP contribution in [0.5, 0.6) is 0 Å². The molecule has 1 aliphatic rings. The van der Waals surface area contributed by atoms with E-state index in [0.29, 0.717) is 26.1 Å². The molecule has 0 aromatic carbocycles. The molecule has 1 saturated carbocycles. The van der Waals surface area contributed by atoms with Crippen molar-refractivity contribution in [2.75, 3.05) is 13.2 Å². The summed E-state index contributed by atoms with van der Waals surface area (Å²) in [6.07, 6.45) is 24.3. The van der Waals surface area contributed by atoms with Gasteiger partial charge in [0, 0.05) is 0 Å². The molecule has 188 valence electrons. The molecule has 1 rings (SSSR count). The van der Waals surface area contributed by atoms with Crippen LogP contribution in [0.3, 0.4) is 0 Å². The maximum atomic E-state index is 12.6. The fraction of sp³-hybridized carbons (Fsp3) is 0.929. The van der Waals surface area contributed by atoms with Crippen LogP contribution in [-0.2, 0) is 19.1 Å². The van der Waals surface area contributed by atoms with Crippen molar-refractivity contribution in [3.05, 3.63) is 0 Å². The lowest BCUT2D eigenvalue weighted by atomic mass is 9.69. The number of carbonyl (C=O) groups excluding carboxylic acids is 2. The van der Waals surface area contributed by atoms with Crippen LogP contribution >= 0.6 is 0 Å². The highest BCUT2D eigenvalue weighted by atomic mass is 16.6. The Kier molecular flexibility index (Phi) is 17.6. The number of hydrogen-bond donors (Lipinski definition) is 0. The molecule has 1 aliphatic carbocycles. The van der Waals surface area contributed by atoms with E-state index in [1.807, 2.05) is 0 Å². The largest absolute Gasteiger partial charge is 0.465 e. The third kappa shape index (κ3) is 12.3. The van der Waals surface area contributed by atoms with Crippen molar-refractivity contribution >= 4 is 11.9 Å². The Hall–Kier alpha value is -1.06. The lowest BCUT2D eigenvalue weighted by molar-refractivity contribution is -0.179. The highest BCUT2D eigenvalue weighted by Crippen LogP contribution is 2.43. The van der Waals surface area contributed by atoms with Gasteiger partial charge in [-0.05, 0) is 32.1 Å². The van der Waals surface area contributed by atoms with Crippen molar-refractivity contribution in [1.29, 1.82) is 0 Å². The zero-order valence-electron chi connectivity index (χ0n) is 21.4. The molecule has 0 radical (unpaired) electrons. The fourth-order valence-electron chi connectivity index (χ4n) is 4.45. The summed E-state index contributed by atoms with van der Waals surface area (Å²) < 4.78 is 11.0. The molecule has 0 atom stereocenters. The maximum Gasteiger partial charge on any atom is 0.323 e. The zero-order valence-corrected chi connectivity index (χ0v) is 21.4. The molecule has 0 N–H and O–H groups in total. The highest BCUT2D eigenvalue weighted by Gasteiger charge is 2.53. The van der Waals surface area contributed by atoms with Gasteiger partial charge < -0.3 is 9.47 Å². The van der Waals surface area contributed by atoms with Crippen LogP contribution in [0.4, 0.5) is 0 Å². The molecule has 0 aromatic rings. The third-order valence-corrected chi connectivity index (χ3v) is 6.95. The van der Waals surface area contributed by atoms with Gasteiger partial charge in [0.05, 0.1) is 13.2 Å². The van der Waals surface area contributed by atoms with Gasteiger partial charge >= 0.3 is 11.9 Å². The summed E-state index contributed by atoms with van der Waals surface area (Å²) >= 11 is 0. The van der Waals surface area contributed by atoms with E-state index < -0.39 is 5.41 Å². The minimum absolute atomic E-state index is 0.347. The molecule has 4 heteroatoms. The summed E-state index contributed by atoms with van der Waals surface area (Å²) in [5, 5.41) is 0. The first kappa shape index (κ1) is 29.0. The van der Waals surface area contributed by atoms with Gasteiger partial charge in [0.1, 0.15) is 0 Å². The highest BCUT2D eigenvalue weighted by molar-refractivity contribution is 6.01. The second kappa shape index (κ2) is 19.4. The topological polar surface area (TPSA) is 52.6 Å². The molecule has 0 aliphatic heterocycles.